The summed E-state index contributed by atoms with van der Waals surface area (Å²) in [5, 5.41) is 16.3. The van der Waals surface area contributed by atoms with Crippen LogP contribution >= 0.6 is 0 Å². The van der Waals surface area contributed by atoms with Gasteiger partial charge in [0.25, 0.3) is 0 Å². The van der Waals surface area contributed by atoms with Crippen LogP contribution in [0, 0.1) is 5.21 Å². The average molecular weight is 240 g/mol. The molecule has 1 heterocycles. The molecular formula is C13H24N2O2. The van der Waals surface area contributed by atoms with Gasteiger partial charge in [0.05, 0.1) is 11.6 Å². The number of rotatable bonds is 1. The standard InChI is InChI=1S/C13H24N2O2/c1-10(2)15(17)9-12(3,4)14-13(11(15)16)7-5-6-8-13/h10,14H,5-9H2,1-4H3. The van der Waals surface area contributed by atoms with Crippen molar-refractivity contribution in [2.45, 2.75) is 70.5 Å². The largest absolute Gasteiger partial charge is 0.625 e. The van der Waals surface area contributed by atoms with E-state index in [9.17, 15) is 10.0 Å². The van der Waals surface area contributed by atoms with Crippen molar-refractivity contribution in [3.05, 3.63) is 5.21 Å². The molecule has 4 heteroatoms. The van der Waals surface area contributed by atoms with E-state index >= 15 is 0 Å². The number of carbonyl (C=O) groups is 1. The summed E-state index contributed by atoms with van der Waals surface area (Å²) in [5.74, 6) is -0.135. The topological polar surface area (TPSA) is 52.2 Å². The molecule has 98 valence electrons. The lowest BCUT2D eigenvalue weighted by Crippen LogP contribution is -2.77. The molecule has 0 bridgehead atoms. The first-order chi connectivity index (χ1) is 7.72. The predicted molar refractivity (Wildman–Crippen MR) is 67.1 cm³/mol. The molecule has 1 saturated carbocycles. The Morgan fingerprint density at radius 2 is 1.82 bits per heavy atom. The molecule has 1 N–H and O–H groups in total. The summed E-state index contributed by atoms with van der Waals surface area (Å²) < 4.78 is -0.667. The molecule has 17 heavy (non-hydrogen) atoms. The summed E-state index contributed by atoms with van der Waals surface area (Å²) in [7, 11) is 0. The number of quaternary nitrogens is 1. The van der Waals surface area contributed by atoms with E-state index in [1.165, 1.54) is 0 Å². The van der Waals surface area contributed by atoms with Crippen LogP contribution in [0.2, 0.25) is 0 Å². The Kier molecular flexibility index (Phi) is 2.88. The zero-order valence-electron chi connectivity index (χ0n) is 11.4. The summed E-state index contributed by atoms with van der Waals surface area (Å²) in [6.07, 6.45) is 3.74. The van der Waals surface area contributed by atoms with Crippen molar-refractivity contribution in [3.63, 3.8) is 0 Å². The van der Waals surface area contributed by atoms with Crippen molar-refractivity contribution in [1.29, 1.82) is 0 Å². The molecule has 1 amide bonds. The summed E-state index contributed by atoms with van der Waals surface area (Å²) in [6.45, 7) is 8.12. The second kappa shape index (κ2) is 3.77. The van der Waals surface area contributed by atoms with E-state index in [-0.39, 0.29) is 17.5 Å². The molecule has 0 aromatic heterocycles. The fourth-order valence-electron chi connectivity index (χ4n) is 3.50. The lowest BCUT2D eigenvalue weighted by Gasteiger charge is -2.57. The maximum absolute atomic E-state index is 12.9. The molecule has 0 radical (unpaired) electrons. The Balaban J connectivity index is 2.40. The van der Waals surface area contributed by atoms with Crippen molar-refractivity contribution < 1.29 is 9.44 Å². The molecule has 1 atom stereocenters. The Bertz CT molecular complexity index is 320. The van der Waals surface area contributed by atoms with Gasteiger partial charge in [-0.25, -0.2) is 4.79 Å². The Labute approximate surface area is 104 Å². The third-order valence-corrected chi connectivity index (χ3v) is 4.25. The van der Waals surface area contributed by atoms with Gasteiger partial charge < -0.3 is 5.21 Å². The van der Waals surface area contributed by atoms with Crippen LogP contribution < -0.4 is 5.32 Å². The Morgan fingerprint density at radius 1 is 1.29 bits per heavy atom. The SMILES string of the molecule is CC(C)[N+]1([O-])CC(C)(C)NC2(CCCC2)C1=O. The molecule has 1 aliphatic heterocycles. The van der Waals surface area contributed by atoms with Gasteiger partial charge in [0, 0.05) is 0 Å². The molecular weight excluding hydrogens is 216 g/mol. The second-order valence-electron chi connectivity index (χ2n) is 6.65. The van der Waals surface area contributed by atoms with Gasteiger partial charge in [0.2, 0.25) is 0 Å². The number of amides is 1. The highest BCUT2D eigenvalue weighted by atomic mass is 16.6. The minimum Gasteiger partial charge on any atom is -0.625 e. The van der Waals surface area contributed by atoms with E-state index in [1.807, 2.05) is 27.7 Å². The van der Waals surface area contributed by atoms with Crippen molar-refractivity contribution in [2.24, 2.45) is 0 Å². The van der Waals surface area contributed by atoms with Gasteiger partial charge in [-0.2, -0.15) is 0 Å². The van der Waals surface area contributed by atoms with Crippen molar-refractivity contribution >= 4 is 5.91 Å². The highest BCUT2D eigenvalue weighted by Crippen LogP contribution is 2.40. The number of nitrogens with zero attached hydrogens (tertiary/aromatic N) is 1. The van der Waals surface area contributed by atoms with Crippen molar-refractivity contribution in [2.75, 3.05) is 6.54 Å². The maximum Gasteiger partial charge on any atom is 0.334 e. The monoisotopic (exact) mass is 240 g/mol. The predicted octanol–water partition coefficient (Wildman–Crippen LogP) is 1.93. The van der Waals surface area contributed by atoms with Crippen LogP contribution in [-0.4, -0.2) is 34.2 Å². The van der Waals surface area contributed by atoms with Gasteiger partial charge in [0.15, 0.2) is 0 Å². The smallest absolute Gasteiger partial charge is 0.334 e. The van der Waals surface area contributed by atoms with E-state index < -0.39 is 10.2 Å². The van der Waals surface area contributed by atoms with Crippen LogP contribution in [0.1, 0.15) is 53.4 Å². The summed E-state index contributed by atoms with van der Waals surface area (Å²) in [6, 6.07) is -0.193. The van der Waals surface area contributed by atoms with Crippen LogP contribution in [0.25, 0.3) is 0 Å². The quantitative estimate of drug-likeness (QED) is 0.563. The molecule has 1 saturated heterocycles. The zero-order chi connectivity index (χ0) is 12.9. The third kappa shape index (κ3) is 1.92. The van der Waals surface area contributed by atoms with E-state index in [0.29, 0.717) is 6.54 Å². The first kappa shape index (κ1) is 13.0. The average Bonchev–Trinajstić information content (AvgIpc) is 2.62. The number of nitrogens with one attached hydrogen (secondary N) is 1. The molecule has 0 aromatic rings. The van der Waals surface area contributed by atoms with Gasteiger partial charge >= 0.3 is 5.91 Å². The van der Waals surface area contributed by atoms with Gasteiger partial charge in [-0.15, -0.1) is 0 Å². The minimum atomic E-state index is -0.667. The van der Waals surface area contributed by atoms with Crippen LogP contribution in [-0.2, 0) is 4.79 Å². The molecule has 2 rings (SSSR count). The summed E-state index contributed by atoms with van der Waals surface area (Å²) >= 11 is 0. The minimum absolute atomic E-state index is 0.135. The highest BCUT2D eigenvalue weighted by Gasteiger charge is 2.57. The van der Waals surface area contributed by atoms with Gasteiger partial charge in [0.1, 0.15) is 12.1 Å². The van der Waals surface area contributed by atoms with Crippen molar-refractivity contribution in [3.8, 4) is 0 Å². The summed E-state index contributed by atoms with van der Waals surface area (Å²) in [4.78, 5) is 12.6. The number of hydrogen-bond acceptors (Lipinski definition) is 3. The normalized spacial score (nSPS) is 35.8. The Morgan fingerprint density at radius 3 is 2.29 bits per heavy atom. The number of hydrogen-bond donors (Lipinski definition) is 1. The van der Waals surface area contributed by atoms with Crippen LogP contribution in [0.3, 0.4) is 0 Å². The highest BCUT2D eigenvalue weighted by molar-refractivity contribution is 5.82. The second-order valence-corrected chi connectivity index (χ2v) is 6.65. The van der Waals surface area contributed by atoms with Crippen molar-refractivity contribution in [1.82, 2.24) is 5.32 Å². The lowest BCUT2D eigenvalue weighted by molar-refractivity contribution is -0.837. The van der Waals surface area contributed by atoms with E-state index in [2.05, 4.69) is 5.32 Å². The number of carbonyl (C=O) groups excluding carboxylic acids is 1. The fraction of sp³-hybridized carbons (Fsp3) is 0.923. The molecule has 4 nitrogen and oxygen atoms in total. The summed E-state index contributed by atoms with van der Waals surface area (Å²) in [5.41, 5.74) is -0.808. The van der Waals surface area contributed by atoms with E-state index in [0.717, 1.165) is 25.7 Å². The van der Waals surface area contributed by atoms with Crippen LogP contribution in [0.15, 0.2) is 0 Å². The van der Waals surface area contributed by atoms with Gasteiger partial charge in [-0.3, -0.25) is 9.96 Å². The molecule has 2 fully saturated rings. The van der Waals surface area contributed by atoms with E-state index in [4.69, 9.17) is 0 Å². The van der Waals surface area contributed by atoms with Crippen LogP contribution in [0.5, 0.6) is 0 Å². The number of hydroxylamine groups is 3. The molecule has 1 aliphatic carbocycles. The molecule has 2 aliphatic rings. The van der Waals surface area contributed by atoms with Crippen LogP contribution in [0.4, 0.5) is 0 Å². The lowest BCUT2D eigenvalue weighted by atomic mass is 9.85. The first-order valence-electron chi connectivity index (χ1n) is 6.65. The third-order valence-electron chi connectivity index (χ3n) is 4.25. The van der Waals surface area contributed by atoms with E-state index in [1.54, 1.807) is 0 Å². The number of piperazine rings is 1. The molecule has 1 unspecified atom stereocenters. The first-order valence-corrected chi connectivity index (χ1v) is 6.65. The van der Waals surface area contributed by atoms with Gasteiger partial charge in [-0.05, 0) is 40.5 Å². The Hall–Kier alpha value is -0.450. The molecule has 0 aromatic carbocycles. The maximum atomic E-state index is 12.9. The van der Waals surface area contributed by atoms with Gasteiger partial charge in [-0.1, -0.05) is 12.8 Å². The fourth-order valence-corrected chi connectivity index (χ4v) is 3.50. The molecule has 1 spiro atoms. The zero-order valence-corrected chi connectivity index (χ0v) is 11.4.